The van der Waals surface area contributed by atoms with Crippen molar-refractivity contribution in [2.75, 3.05) is 0 Å². The van der Waals surface area contributed by atoms with Crippen LogP contribution in [0.25, 0.3) is 16.7 Å². The second-order valence-electron chi connectivity index (χ2n) is 6.62. The molecule has 3 aromatic rings. The minimum Gasteiger partial charge on any atom is -0.335 e. The van der Waals surface area contributed by atoms with Crippen LogP contribution in [0.4, 0.5) is 0 Å². The number of hydrogen-bond acceptors (Lipinski definition) is 4. The topological polar surface area (TPSA) is 81.8 Å². The normalized spacial score (nSPS) is 11.7. The first-order valence-electron chi connectivity index (χ1n) is 9.27. The third-order valence-electron chi connectivity index (χ3n) is 5.45. The summed E-state index contributed by atoms with van der Waals surface area (Å²) in [5.41, 5.74) is 2.21. The first kappa shape index (κ1) is 18.8. The number of carbonyl (C=O) groups is 1. The third-order valence-corrected chi connectivity index (χ3v) is 5.45. The molecule has 0 radical (unpaired) electrons. The lowest BCUT2D eigenvalue weighted by Gasteiger charge is -2.36. The molecule has 7 heteroatoms. The summed E-state index contributed by atoms with van der Waals surface area (Å²) in [6.07, 6.45) is 7.69. The Morgan fingerprint density at radius 2 is 2.00 bits per heavy atom. The number of carbonyl (C=O) groups excluding carboxylic acids is 1. The molecule has 27 heavy (non-hydrogen) atoms. The molecule has 0 bridgehead atoms. The van der Waals surface area contributed by atoms with Gasteiger partial charge in [-0.25, -0.2) is 9.97 Å². The summed E-state index contributed by atoms with van der Waals surface area (Å²) < 4.78 is 3.54. The van der Waals surface area contributed by atoms with E-state index in [0.717, 1.165) is 23.1 Å². The van der Waals surface area contributed by atoms with Crippen molar-refractivity contribution in [2.24, 2.45) is 0 Å². The largest absolute Gasteiger partial charge is 0.335 e. The number of fused-ring (bicyclic) bond motifs is 1. The molecule has 1 N–H and O–H groups in total. The van der Waals surface area contributed by atoms with E-state index in [1.54, 1.807) is 15.3 Å². The van der Waals surface area contributed by atoms with Gasteiger partial charge in [0.15, 0.2) is 0 Å². The molecule has 3 aromatic heterocycles. The van der Waals surface area contributed by atoms with E-state index in [-0.39, 0.29) is 5.56 Å². The van der Waals surface area contributed by atoms with Crippen LogP contribution < -0.4 is 10.9 Å². The summed E-state index contributed by atoms with van der Waals surface area (Å²) in [6, 6.07) is 3.81. The molecule has 0 aliphatic rings. The number of aryl methyl sites for hydroxylation is 1. The summed E-state index contributed by atoms with van der Waals surface area (Å²) in [4.78, 5) is 33.3. The van der Waals surface area contributed by atoms with E-state index in [2.05, 4.69) is 22.2 Å². The predicted octanol–water partition coefficient (Wildman–Crippen LogP) is 2.67. The fraction of sp³-hybridized carbons (Fsp3) is 0.400. The molecule has 0 saturated carbocycles. The summed E-state index contributed by atoms with van der Waals surface area (Å²) >= 11 is 0. The molecule has 0 spiro atoms. The minimum absolute atomic E-state index is 0.154. The molecule has 1 amide bonds. The Balaban J connectivity index is 2.38. The first-order valence-corrected chi connectivity index (χ1v) is 9.27. The maximum Gasteiger partial charge on any atom is 0.276 e. The van der Waals surface area contributed by atoms with Crippen molar-refractivity contribution in [1.82, 2.24) is 24.4 Å². The highest BCUT2D eigenvalue weighted by Crippen LogP contribution is 2.25. The number of aromatic nitrogens is 4. The quantitative estimate of drug-likeness (QED) is 0.651. The highest BCUT2D eigenvalue weighted by atomic mass is 16.1. The molecule has 3 heterocycles. The molecule has 142 valence electrons. The van der Waals surface area contributed by atoms with E-state index in [4.69, 9.17) is 0 Å². The van der Waals surface area contributed by atoms with Gasteiger partial charge in [0.1, 0.15) is 23.3 Å². The van der Waals surface area contributed by atoms with Crippen LogP contribution in [-0.2, 0) is 16.9 Å². The van der Waals surface area contributed by atoms with Crippen LogP contribution in [-0.4, -0.2) is 25.5 Å². The standard InChI is InChI=1S/C20H25N5O2/c1-5-15-10-17(24-9-8-16-11-21-12-22-18(16)24)19(27)25(14(15)4)20(6-2,7-3)23-13-26/h8-13H,5-7H2,1-4H3,(H,23,26). The Morgan fingerprint density at radius 3 is 2.63 bits per heavy atom. The molecular formula is C20H25N5O2. The molecular weight excluding hydrogens is 342 g/mol. The highest BCUT2D eigenvalue weighted by Gasteiger charge is 2.32. The van der Waals surface area contributed by atoms with Crippen LogP contribution >= 0.6 is 0 Å². The lowest BCUT2D eigenvalue weighted by atomic mass is 10.00. The molecule has 0 fully saturated rings. The summed E-state index contributed by atoms with van der Waals surface area (Å²) in [5, 5.41) is 3.77. The summed E-state index contributed by atoms with van der Waals surface area (Å²) in [5.74, 6) is 0. The zero-order valence-corrected chi connectivity index (χ0v) is 16.2. The van der Waals surface area contributed by atoms with Gasteiger partial charge in [0.2, 0.25) is 6.41 Å². The highest BCUT2D eigenvalue weighted by molar-refractivity contribution is 5.76. The minimum atomic E-state index is -0.763. The van der Waals surface area contributed by atoms with Crippen molar-refractivity contribution in [2.45, 2.75) is 52.6 Å². The molecule has 0 aliphatic carbocycles. The van der Waals surface area contributed by atoms with Crippen molar-refractivity contribution in [3.05, 3.63) is 52.5 Å². The molecule has 7 nitrogen and oxygen atoms in total. The average molecular weight is 367 g/mol. The maximum atomic E-state index is 13.6. The van der Waals surface area contributed by atoms with Crippen LogP contribution in [0.2, 0.25) is 0 Å². The smallest absolute Gasteiger partial charge is 0.276 e. The number of amides is 1. The number of nitrogens with one attached hydrogen (secondary N) is 1. The monoisotopic (exact) mass is 367 g/mol. The van der Waals surface area contributed by atoms with Crippen LogP contribution in [0.1, 0.15) is 44.9 Å². The molecule has 0 saturated heterocycles. The van der Waals surface area contributed by atoms with Crippen LogP contribution in [0.3, 0.4) is 0 Å². The van der Waals surface area contributed by atoms with Crippen molar-refractivity contribution in [3.63, 3.8) is 0 Å². The van der Waals surface area contributed by atoms with E-state index in [1.807, 2.05) is 39.1 Å². The van der Waals surface area contributed by atoms with Gasteiger partial charge in [0.05, 0.1) is 0 Å². The van der Waals surface area contributed by atoms with Crippen molar-refractivity contribution in [3.8, 4) is 5.69 Å². The number of hydrogen-bond donors (Lipinski definition) is 1. The number of pyridine rings is 1. The predicted molar refractivity (Wildman–Crippen MR) is 105 cm³/mol. The van der Waals surface area contributed by atoms with E-state index in [1.165, 1.54) is 6.33 Å². The Kier molecular flexibility index (Phi) is 5.12. The summed E-state index contributed by atoms with van der Waals surface area (Å²) in [7, 11) is 0. The molecule has 0 aromatic carbocycles. The van der Waals surface area contributed by atoms with Gasteiger partial charge in [-0.05, 0) is 43.9 Å². The number of rotatable bonds is 7. The second-order valence-corrected chi connectivity index (χ2v) is 6.62. The molecule has 0 unspecified atom stereocenters. The van der Waals surface area contributed by atoms with E-state index >= 15 is 0 Å². The van der Waals surface area contributed by atoms with Crippen molar-refractivity contribution in [1.29, 1.82) is 0 Å². The van der Waals surface area contributed by atoms with Gasteiger partial charge < -0.3 is 5.32 Å². The van der Waals surface area contributed by atoms with E-state index < -0.39 is 5.66 Å². The van der Waals surface area contributed by atoms with Gasteiger partial charge in [-0.2, -0.15) is 0 Å². The molecule has 3 rings (SSSR count). The lowest BCUT2D eigenvalue weighted by Crippen LogP contribution is -2.52. The first-order chi connectivity index (χ1) is 13.0. The van der Waals surface area contributed by atoms with Gasteiger partial charge in [-0.1, -0.05) is 20.8 Å². The van der Waals surface area contributed by atoms with E-state index in [9.17, 15) is 9.59 Å². The molecule has 0 aliphatic heterocycles. The van der Waals surface area contributed by atoms with Crippen molar-refractivity contribution >= 4 is 17.4 Å². The van der Waals surface area contributed by atoms with Gasteiger partial charge in [0.25, 0.3) is 5.56 Å². The second kappa shape index (κ2) is 7.34. The van der Waals surface area contributed by atoms with Crippen LogP contribution in [0, 0.1) is 6.92 Å². The van der Waals surface area contributed by atoms with Gasteiger partial charge in [0, 0.05) is 23.5 Å². The average Bonchev–Trinajstić information content (AvgIpc) is 3.11. The Bertz CT molecular complexity index is 1030. The van der Waals surface area contributed by atoms with Crippen molar-refractivity contribution < 1.29 is 4.79 Å². The van der Waals surface area contributed by atoms with Gasteiger partial charge in [-0.3, -0.25) is 18.7 Å². The zero-order chi connectivity index (χ0) is 19.6. The SMILES string of the molecule is CCc1cc(-n2ccc3cncnc32)c(=O)n(C(CC)(CC)NC=O)c1C. The molecule has 0 atom stereocenters. The Labute approximate surface area is 158 Å². The fourth-order valence-corrected chi connectivity index (χ4v) is 3.80. The maximum absolute atomic E-state index is 13.6. The van der Waals surface area contributed by atoms with Gasteiger partial charge >= 0.3 is 0 Å². The zero-order valence-electron chi connectivity index (χ0n) is 16.2. The van der Waals surface area contributed by atoms with Crippen LogP contribution in [0.5, 0.6) is 0 Å². The third kappa shape index (κ3) is 2.93. The lowest BCUT2D eigenvalue weighted by molar-refractivity contribution is -0.112. The summed E-state index contributed by atoms with van der Waals surface area (Å²) in [6.45, 7) is 7.95. The number of nitrogens with zero attached hydrogens (tertiary/aromatic N) is 4. The van der Waals surface area contributed by atoms with Crippen LogP contribution in [0.15, 0.2) is 35.6 Å². The Hall–Kier alpha value is -2.96. The van der Waals surface area contributed by atoms with E-state index in [0.29, 0.717) is 30.6 Å². The van der Waals surface area contributed by atoms with Gasteiger partial charge in [-0.15, -0.1) is 0 Å². The Morgan fingerprint density at radius 1 is 1.26 bits per heavy atom. The fourth-order valence-electron chi connectivity index (χ4n) is 3.80.